The quantitative estimate of drug-likeness (QED) is 0.636. The van der Waals surface area contributed by atoms with Crippen molar-refractivity contribution in [2.24, 2.45) is 0 Å². The predicted molar refractivity (Wildman–Crippen MR) is 90.5 cm³/mol. The number of carboxylic acid groups (broad SMARTS) is 1. The number of amides is 2. The van der Waals surface area contributed by atoms with Crippen LogP contribution < -0.4 is 10.6 Å². The average Bonchev–Trinajstić information content (AvgIpc) is 2.52. The lowest BCUT2D eigenvalue weighted by molar-refractivity contribution is -0.127. The summed E-state index contributed by atoms with van der Waals surface area (Å²) in [5.74, 6) is -0.500. The number of thioether (sulfide) groups is 1. The monoisotopic (exact) mass is 338 g/mol. The first-order valence-corrected chi connectivity index (χ1v) is 8.56. The molecule has 0 bridgehead atoms. The van der Waals surface area contributed by atoms with Crippen LogP contribution in [0.25, 0.3) is 0 Å². The van der Waals surface area contributed by atoms with Gasteiger partial charge in [-0.3, -0.25) is 9.59 Å². The molecule has 1 unspecified atom stereocenters. The Hall–Kier alpha value is -2.02. The molecule has 1 aromatic carbocycles. The van der Waals surface area contributed by atoms with Crippen LogP contribution in [-0.2, 0) is 15.3 Å². The standard InChI is InChI=1S/C16H22N2O4S/c1-3-8-17-15(20)11(2)18-14(19)10-23-9-12-4-6-13(7-5-12)16(21)22/h4-7,11H,3,8-10H2,1-2H3,(H,17,20)(H,18,19)(H,21,22). The molecule has 1 atom stereocenters. The first kappa shape index (κ1) is 19.0. The van der Waals surface area contributed by atoms with Gasteiger partial charge in [-0.25, -0.2) is 4.79 Å². The number of carbonyl (C=O) groups is 3. The van der Waals surface area contributed by atoms with Crippen LogP contribution >= 0.6 is 11.8 Å². The van der Waals surface area contributed by atoms with Gasteiger partial charge >= 0.3 is 5.97 Å². The summed E-state index contributed by atoms with van der Waals surface area (Å²) in [4.78, 5) is 34.2. The minimum absolute atomic E-state index is 0.186. The summed E-state index contributed by atoms with van der Waals surface area (Å²) >= 11 is 1.41. The smallest absolute Gasteiger partial charge is 0.335 e. The van der Waals surface area contributed by atoms with Crippen LogP contribution in [0.3, 0.4) is 0 Å². The fourth-order valence-electron chi connectivity index (χ4n) is 1.76. The number of nitrogens with one attached hydrogen (secondary N) is 2. The molecular weight excluding hydrogens is 316 g/mol. The minimum Gasteiger partial charge on any atom is -0.478 e. The lowest BCUT2D eigenvalue weighted by atomic mass is 10.1. The molecule has 0 spiro atoms. The fraction of sp³-hybridized carbons (Fsp3) is 0.438. The van der Waals surface area contributed by atoms with E-state index >= 15 is 0 Å². The highest BCUT2D eigenvalue weighted by atomic mass is 32.2. The van der Waals surface area contributed by atoms with E-state index in [1.165, 1.54) is 11.8 Å². The Labute approximate surface area is 140 Å². The molecule has 126 valence electrons. The van der Waals surface area contributed by atoms with Gasteiger partial charge in [-0.15, -0.1) is 11.8 Å². The second-order valence-electron chi connectivity index (χ2n) is 5.08. The molecule has 0 heterocycles. The van der Waals surface area contributed by atoms with Crippen LogP contribution in [0.15, 0.2) is 24.3 Å². The maximum Gasteiger partial charge on any atom is 0.335 e. The van der Waals surface area contributed by atoms with Crippen molar-refractivity contribution in [2.45, 2.75) is 32.1 Å². The van der Waals surface area contributed by atoms with Crippen molar-refractivity contribution in [2.75, 3.05) is 12.3 Å². The number of hydrogen-bond donors (Lipinski definition) is 3. The topological polar surface area (TPSA) is 95.5 Å². The van der Waals surface area contributed by atoms with Crippen LogP contribution in [-0.4, -0.2) is 41.2 Å². The number of carbonyl (C=O) groups excluding carboxylic acids is 2. The maximum absolute atomic E-state index is 11.8. The number of rotatable bonds is 9. The van der Waals surface area contributed by atoms with Crippen molar-refractivity contribution in [3.8, 4) is 0 Å². The summed E-state index contributed by atoms with van der Waals surface area (Å²) in [5, 5.41) is 14.2. The van der Waals surface area contributed by atoms with Crippen molar-refractivity contribution < 1.29 is 19.5 Å². The van der Waals surface area contributed by atoms with E-state index in [2.05, 4.69) is 10.6 Å². The van der Waals surface area contributed by atoms with Crippen molar-refractivity contribution >= 4 is 29.5 Å². The van der Waals surface area contributed by atoms with E-state index in [4.69, 9.17) is 5.11 Å². The van der Waals surface area contributed by atoms with E-state index in [0.29, 0.717) is 12.3 Å². The molecule has 0 saturated heterocycles. The molecule has 0 aliphatic carbocycles. The Morgan fingerprint density at radius 3 is 2.43 bits per heavy atom. The van der Waals surface area contributed by atoms with Gasteiger partial charge in [-0.2, -0.15) is 0 Å². The van der Waals surface area contributed by atoms with Gasteiger partial charge < -0.3 is 15.7 Å². The van der Waals surface area contributed by atoms with Gasteiger partial charge in [0.05, 0.1) is 11.3 Å². The predicted octanol–water partition coefficient (Wildman–Crippen LogP) is 1.65. The van der Waals surface area contributed by atoms with Gasteiger partial charge in [0.15, 0.2) is 0 Å². The van der Waals surface area contributed by atoms with Crippen LogP contribution in [0.5, 0.6) is 0 Å². The minimum atomic E-state index is -0.959. The number of carboxylic acids is 1. The maximum atomic E-state index is 11.8. The molecule has 1 aromatic rings. The van der Waals surface area contributed by atoms with Crippen LogP contribution in [0, 0.1) is 0 Å². The van der Waals surface area contributed by atoms with E-state index in [9.17, 15) is 14.4 Å². The zero-order valence-corrected chi connectivity index (χ0v) is 14.1. The summed E-state index contributed by atoms with van der Waals surface area (Å²) in [6, 6.07) is 5.99. The van der Waals surface area contributed by atoms with E-state index in [1.807, 2.05) is 6.92 Å². The molecule has 0 fully saturated rings. The molecule has 0 aliphatic rings. The van der Waals surface area contributed by atoms with Gasteiger partial charge in [0, 0.05) is 12.3 Å². The molecule has 0 aromatic heterocycles. The average molecular weight is 338 g/mol. The first-order chi connectivity index (χ1) is 10.9. The molecule has 0 aliphatic heterocycles. The summed E-state index contributed by atoms with van der Waals surface area (Å²) in [6.45, 7) is 4.21. The number of aromatic carboxylic acids is 1. The third kappa shape index (κ3) is 7.19. The van der Waals surface area contributed by atoms with Gasteiger partial charge in [0.25, 0.3) is 0 Å². The Balaban J connectivity index is 2.30. The first-order valence-electron chi connectivity index (χ1n) is 7.41. The molecule has 0 saturated carbocycles. The zero-order chi connectivity index (χ0) is 17.2. The van der Waals surface area contributed by atoms with Crippen molar-refractivity contribution in [3.63, 3.8) is 0 Å². The fourth-order valence-corrected chi connectivity index (χ4v) is 2.55. The van der Waals surface area contributed by atoms with Crippen molar-refractivity contribution in [1.29, 1.82) is 0 Å². The van der Waals surface area contributed by atoms with E-state index in [1.54, 1.807) is 31.2 Å². The van der Waals surface area contributed by atoms with Gasteiger partial charge in [0.1, 0.15) is 6.04 Å². The molecule has 2 amide bonds. The number of hydrogen-bond acceptors (Lipinski definition) is 4. The highest BCUT2D eigenvalue weighted by Crippen LogP contribution is 2.13. The lowest BCUT2D eigenvalue weighted by Crippen LogP contribution is -2.45. The Morgan fingerprint density at radius 1 is 1.22 bits per heavy atom. The molecule has 1 rings (SSSR count). The second-order valence-corrected chi connectivity index (χ2v) is 6.06. The summed E-state index contributed by atoms with van der Waals surface area (Å²) < 4.78 is 0. The third-order valence-corrected chi connectivity index (χ3v) is 4.03. The van der Waals surface area contributed by atoms with Crippen LogP contribution in [0.2, 0.25) is 0 Å². The third-order valence-electron chi connectivity index (χ3n) is 3.02. The molecule has 7 heteroatoms. The second kappa shape index (κ2) is 9.89. The van der Waals surface area contributed by atoms with Gasteiger partial charge in [-0.05, 0) is 31.0 Å². The summed E-state index contributed by atoms with van der Waals surface area (Å²) in [7, 11) is 0. The number of benzene rings is 1. The van der Waals surface area contributed by atoms with Gasteiger partial charge in [0.2, 0.25) is 11.8 Å². The largest absolute Gasteiger partial charge is 0.478 e. The molecule has 6 nitrogen and oxygen atoms in total. The normalized spacial score (nSPS) is 11.6. The van der Waals surface area contributed by atoms with Crippen LogP contribution in [0.4, 0.5) is 0 Å². The zero-order valence-electron chi connectivity index (χ0n) is 13.3. The Morgan fingerprint density at radius 2 is 1.87 bits per heavy atom. The highest BCUT2D eigenvalue weighted by Gasteiger charge is 2.14. The van der Waals surface area contributed by atoms with Crippen LogP contribution in [0.1, 0.15) is 36.2 Å². The van der Waals surface area contributed by atoms with Crippen molar-refractivity contribution in [3.05, 3.63) is 35.4 Å². The molecule has 23 heavy (non-hydrogen) atoms. The summed E-state index contributed by atoms with van der Waals surface area (Å²) in [6.07, 6.45) is 0.850. The Bertz CT molecular complexity index is 546. The van der Waals surface area contributed by atoms with E-state index in [0.717, 1.165) is 12.0 Å². The van der Waals surface area contributed by atoms with Crippen molar-refractivity contribution in [1.82, 2.24) is 10.6 Å². The lowest BCUT2D eigenvalue weighted by Gasteiger charge is -2.13. The molecule has 3 N–H and O–H groups in total. The van der Waals surface area contributed by atoms with Gasteiger partial charge in [-0.1, -0.05) is 19.1 Å². The molecule has 0 radical (unpaired) electrons. The Kier molecular flexibility index (Phi) is 8.18. The van der Waals surface area contributed by atoms with E-state index in [-0.39, 0.29) is 23.1 Å². The van der Waals surface area contributed by atoms with E-state index < -0.39 is 12.0 Å². The summed E-state index contributed by atoms with van der Waals surface area (Å²) in [5.41, 5.74) is 1.19. The molecular formula is C16H22N2O4S. The SMILES string of the molecule is CCCNC(=O)C(C)NC(=O)CSCc1ccc(C(=O)O)cc1. The highest BCUT2D eigenvalue weighted by molar-refractivity contribution is 7.99.